The number of anilines is 1. The third-order valence-corrected chi connectivity index (χ3v) is 3.92. The summed E-state index contributed by atoms with van der Waals surface area (Å²) in [6.45, 7) is 0. The van der Waals surface area contributed by atoms with Crippen LogP contribution in [0, 0.1) is 0 Å². The predicted molar refractivity (Wildman–Crippen MR) is 92.7 cm³/mol. The van der Waals surface area contributed by atoms with Gasteiger partial charge in [0.25, 0.3) is 0 Å². The molecule has 1 amide bonds. The fraction of sp³-hybridized carbons (Fsp3) is 0.167. The van der Waals surface area contributed by atoms with Crippen molar-refractivity contribution in [3.05, 3.63) is 76.7 Å². The van der Waals surface area contributed by atoms with Crippen LogP contribution in [-0.4, -0.2) is 25.1 Å². The van der Waals surface area contributed by atoms with Crippen molar-refractivity contribution in [1.82, 2.24) is 0 Å². The van der Waals surface area contributed by atoms with Crippen LogP contribution < -0.4 is 9.64 Å². The molecule has 1 aliphatic rings. The van der Waals surface area contributed by atoms with Crippen molar-refractivity contribution in [2.75, 3.05) is 12.0 Å². The summed E-state index contributed by atoms with van der Waals surface area (Å²) < 4.78 is 5.14. The van der Waals surface area contributed by atoms with Crippen LogP contribution in [0.4, 0.5) is 5.69 Å². The smallest absolute Gasteiger partial charge is 0.239 e. The van der Waals surface area contributed by atoms with Gasteiger partial charge in [0, 0.05) is 10.6 Å². The SMILES string of the molecule is COc1ccc(N2C(=O)[C@H](N=[N+]=[N-])[C@@H]2C=Cc2ccccc2)cc1. The largest absolute Gasteiger partial charge is 0.497 e. The number of carbonyl (C=O) groups excluding carboxylic acids is 1. The van der Waals surface area contributed by atoms with Crippen LogP contribution in [0.3, 0.4) is 0 Å². The van der Waals surface area contributed by atoms with E-state index in [4.69, 9.17) is 10.3 Å². The first-order valence-electron chi connectivity index (χ1n) is 7.49. The van der Waals surface area contributed by atoms with Crippen LogP contribution in [0.1, 0.15) is 5.56 Å². The highest BCUT2D eigenvalue weighted by molar-refractivity contribution is 6.06. The monoisotopic (exact) mass is 320 g/mol. The summed E-state index contributed by atoms with van der Waals surface area (Å²) >= 11 is 0. The number of azide groups is 1. The van der Waals surface area contributed by atoms with Crippen molar-refractivity contribution in [3.8, 4) is 5.75 Å². The molecule has 24 heavy (non-hydrogen) atoms. The molecule has 120 valence electrons. The molecule has 1 heterocycles. The van der Waals surface area contributed by atoms with Gasteiger partial charge >= 0.3 is 0 Å². The van der Waals surface area contributed by atoms with Gasteiger partial charge in [-0.25, -0.2) is 0 Å². The molecule has 0 N–H and O–H groups in total. The van der Waals surface area contributed by atoms with Gasteiger partial charge < -0.3 is 9.64 Å². The van der Waals surface area contributed by atoms with E-state index in [-0.39, 0.29) is 11.9 Å². The van der Waals surface area contributed by atoms with Gasteiger partial charge in [-0.3, -0.25) is 4.79 Å². The first kappa shape index (κ1) is 15.6. The molecule has 1 fully saturated rings. The lowest BCUT2D eigenvalue weighted by molar-refractivity contribution is -0.125. The van der Waals surface area contributed by atoms with Crippen molar-refractivity contribution >= 4 is 17.7 Å². The molecule has 1 saturated heterocycles. The molecule has 2 atom stereocenters. The molecule has 0 radical (unpaired) electrons. The Bertz CT molecular complexity index is 796. The van der Waals surface area contributed by atoms with E-state index < -0.39 is 6.04 Å². The van der Waals surface area contributed by atoms with E-state index in [2.05, 4.69) is 10.0 Å². The molecular weight excluding hydrogens is 304 g/mol. The van der Waals surface area contributed by atoms with Gasteiger partial charge in [0.2, 0.25) is 5.91 Å². The molecule has 1 aliphatic heterocycles. The Hall–Kier alpha value is -3.24. The minimum Gasteiger partial charge on any atom is -0.497 e. The highest BCUT2D eigenvalue weighted by Crippen LogP contribution is 2.32. The molecule has 0 bridgehead atoms. The maximum absolute atomic E-state index is 12.3. The van der Waals surface area contributed by atoms with Crippen LogP contribution in [-0.2, 0) is 4.79 Å². The first-order chi connectivity index (χ1) is 11.7. The molecule has 2 aromatic rings. The van der Waals surface area contributed by atoms with Crippen LogP contribution >= 0.6 is 0 Å². The minimum absolute atomic E-state index is 0.208. The highest BCUT2D eigenvalue weighted by Gasteiger charge is 2.46. The van der Waals surface area contributed by atoms with Crippen LogP contribution in [0.5, 0.6) is 5.75 Å². The summed E-state index contributed by atoms with van der Waals surface area (Å²) in [5.74, 6) is 0.510. The maximum Gasteiger partial charge on any atom is 0.239 e. The third-order valence-electron chi connectivity index (χ3n) is 3.92. The Morgan fingerprint density at radius 2 is 1.88 bits per heavy atom. The number of nitrogens with zero attached hydrogens (tertiary/aromatic N) is 4. The Kier molecular flexibility index (Phi) is 4.50. The van der Waals surface area contributed by atoms with Gasteiger partial charge in [-0.2, -0.15) is 0 Å². The maximum atomic E-state index is 12.3. The molecule has 6 nitrogen and oxygen atoms in total. The molecular formula is C18H16N4O2. The number of carbonyl (C=O) groups is 1. The average Bonchev–Trinajstić information content (AvgIpc) is 2.64. The van der Waals surface area contributed by atoms with E-state index in [0.717, 1.165) is 17.0 Å². The zero-order valence-corrected chi connectivity index (χ0v) is 13.1. The summed E-state index contributed by atoms with van der Waals surface area (Å²) in [4.78, 5) is 16.7. The van der Waals surface area contributed by atoms with Gasteiger partial charge in [0.15, 0.2) is 0 Å². The molecule has 0 spiro atoms. The predicted octanol–water partition coefficient (Wildman–Crippen LogP) is 3.80. The molecule has 3 rings (SSSR count). The zero-order valence-electron chi connectivity index (χ0n) is 13.1. The minimum atomic E-state index is -0.711. The van der Waals surface area contributed by atoms with Crippen molar-refractivity contribution in [3.63, 3.8) is 0 Å². The number of benzene rings is 2. The Labute approximate surface area is 139 Å². The number of ether oxygens (including phenoxy) is 1. The summed E-state index contributed by atoms with van der Waals surface area (Å²) in [6, 6.07) is 16.0. The van der Waals surface area contributed by atoms with E-state index in [0.29, 0.717) is 0 Å². The number of hydrogen-bond acceptors (Lipinski definition) is 3. The van der Waals surface area contributed by atoms with Crippen molar-refractivity contribution in [1.29, 1.82) is 0 Å². The standard InChI is InChI=1S/C18H16N4O2/c1-24-15-10-8-14(9-11-15)22-16(17(18(22)23)20-21-19)12-7-13-5-3-2-4-6-13/h2-12,16-17H,1H3/t16-,17+/m0/s1. The molecule has 0 aliphatic carbocycles. The van der Waals surface area contributed by atoms with Crippen molar-refractivity contribution in [2.24, 2.45) is 5.11 Å². The Balaban J connectivity index is 1.87. The van der Waals surface area contributed by atoms with Gasteiger partial charge in [-0.1, -0.05) is 47.6 Å². The molecule has 0 unspecified atom stereocenters. The zero-order chi connectivity index (χ0) is 16.9. The van der Waals surface area contributed by atoms with Gasteiger partial charge in [-0.15, -0.1) is 0 Å². The van der Waals surface area contributed by atoms with Gasteiger partial charge in [-0.05, 0) is 35.4 Å². The van der Waals surface area contributed by atoms with E-state index in [1.807, 2.05) is 54.6 Å². The lowest BCUT2D eigenvalue weighted by Gasteiger charge is -2.43. The highest BCUT2D eigenvalue weighted by atomic mass is 16.5. The van der Waals surface area contributed by atoms with Crippen molar-refractivity contribution < 1.29 is 9.53 Å². The Morgan fingerprint density at radius 3 is 2.50 bits per heavy atom. The quantitative estimate of drug-likeness (QED) is 0.363. The lowest BCUT2D eigenvalue weighted by atomic mass is 9.93. The summed E-state index contributed by atoms with van der Waals surface area (Å²) in [5.41, 5.74) is 10.5. The van der Waals surface area contributed by atoms with Crippen molar-refractivity contribution in [2.45, 2.75) is 12.1 Å². The summed E-state index contributed by atoms with van der Waals surface area (Å²) in [5, 5.41) is 3.63. The number of methoxy groups -OCH3 is 1. The van der Waals surface area contributed by atoms with E-state index in [1.54, 1.807) is 24.1 Å². The van der Waals surface area contributed by atoms with Crippen LogP contribution in [0.15, 0.2) is 65.8 Å². The molecule has 2 aromatic carbocycles. The fourth-order valence-corrected chi connectivity index (χ4v) is 2.68. The number of hydrogen-bond donors (Lipinski definition) is 0. The lowest BCUT2D eigenvalue weighted by Crippen LogP contribution is -2.63. The summed E-state index contributed by atoms with van der Waals surface area (Å²) in [6.07, 6.45) is 3.81. The first-order valence-corrected chi connectivity index (χ1v) is 7.49. The number of β-lactam (4-membered cyclic amide) rings is 1. The number of amides is 1. The van der Waals surface area contributed by atoms with Crippen LogP contribution in [0.25, 0.3) is 16.5 Å². The second-order valence-corrected chi connectivity index (χ2v) is 5.32. The van der Waals surface area contributed by atoms with E-state index >= 15 is 0 Å². The number of rotatable bonds is 5. The topological polar surface area (TPSA) is 78.3 Å². The van der Waals surface area contributed by atoms with E-state index in [9.17, 15) is 4.79 Å². The molecule has 0 saturated carbocycles. The third kappa shape index (κ3) is 2.95. The second kappa shape index (κ2) is 6.89. The second-order valence-electron chi connectivity index (χ2n) is 5.32. The average molecular weight is 320 g/mol. The van der Waals surface area contributed by atoms with Gasteiger partial charge in [0.1, 0.15) is 11.8 Å². The normalized spacial score (nSPS) is 19.7. The molecule has 6 heteroatoms. The van der Waals surface area contributed by atoms with Crippen LogP contribution in [0.2, 0.25) is 0 Å². The van der Waals surface area contributed by atoms with E-state index in [1.165, 1.54) is 0 Å². The summed E-state index contributed by atoms with van der Waals surface area (Å²) in [7, 11) is 1.59. The fourth-order valence-electron chi connectivity index (χ4n) is 2.68. The molecule has 0 aromatic heterocycles. The van der Waals surface area contributed by atoms with Gasteiger partial charge in [0.05, 0.1) is 13.2 Å². The Morgan fingerprint density at radius 1 is 1.17 bits per heavy atom.